The van der Waals surface area contributed by atoms with Crippen molar-refractivity contribution in [2.75, 3.05) is 0 Å². The Labute approximate surface area is 102 Å². The highest BCUT2D eigenvalue weighted by Crippen LogP contribution is 2.22. The van der Waals surface area contributed by atoms with Crippen LogP contribution in [-0.4, -0.2) is 34.2 Å². The smallest absolute Gasteiger partial charge is 0.288 e. The summed E-state index contributed by atoms with van der Waals surface area (Å²) >= 11 is 0. The zero-order valence-corrected chi connectivity index (χ0v) is 9.26. The Kier molecular flexibility index (Phi) is 3.29. The molecule has 1 heterocycles. The molecule has 0 saturated heterocycles. The number of nitrogens with zero attached hydrogens (tertiary/aromatic N) is 2. The molecule has 6 nitrogen and oxygen atoms in total. The van der Waals surface area contributed by atoms with E-state index in [1.54, 1.807) is 24.3 Å². The second-order valence-corrected chi connectivity index (χ2v) is 3.81. The van der Waals surface area contributed by atoms with Crippen LogP contribution < -0.4 is 0 Å². The van der Waals surface area contributed by atoms with Crippen molar-refractivity contribution in [2.24, 2.45) is 4.99 Å². The molecule has 0 amide bonds. The lowest BCUT2D eigenvalue weighted by atomic mass is 10.1. The van der Waals surface area contributed by atoms with Gasteiger partial charge in [-0.15, -0.1) is 0 Å². The fourth-order valence-electron chi connectivity index (χ4n) is 1.76. The molecule has 1 aliphatic rings. The van der Waals surface area contributed by atoms with Crippen LogP contribution in [0, 0.1) is 10.1 Å². The first-order valence-electron chi connectivity index (χ1n) is 5.25. The standard InChI is InChI=1S/C12H10N2O4/c15-7-10-11(14(17)18)12(16)9(13-10)6-8-4-2-1-3-5-8/h1-7,11-12,16H. The summed E-state index contributed by atoms with van der Waals surface area (Å²) in [5.41, 5.74) is 0.629. The van der Waals surface area contributed by atoms with Gasteiger partial charge in [-0.3, -0.25) is 14.9 Å². The van der Waals surface area contributed by atoms with E-state index in [0.717, 1.165) is 5.56 Å². The van der Waals surface area contributed by atoms with Gasteiger partial charge in [-0.05, 0) is 11.6 Å². The molecule has 0 aromatic heterocycles. The fraction of sp³-hybridized carbons (Fsp3) is 0.167. The molecule has 18 heavy (non-hydrogen) atoms. The number of nitro groups is 1. The van der Waals surface area contributed by atoms with Crippen LogP contribution in [-0.2, 0) is 4.79 Å². The maximum Gasteiger partial charge on any atom is 0.288 e. The molecule has 1 N–H and O–H groups in total. The van der Waals surface area contributed by atoms with Gasteiger partial charge in [0.1, 0.15) is 0 Å². The Balaban J connectivity index is 2.37. The van der Waals surface area contributed by atoms with E-state index in [4.69, 9.17) is 0 Å². The van der Waals surface area contributed by atoms with Crippen LogP contribution in [0.4, 0.5) is 0 Å². The van der Waals surface area contributed by atoms with Crippen LogP contribution in [0.5, 0.6) is 0 Å². The van der Waals surface area contributed by atoms with Gasteiger partial charge in [0.2, 0.25) is 0 Å². The molecular weight excluding hydrogens is 236 g/mol. The monoisotopic (exact) mass is 246 g/mol. The van der Waals surface area contributed by atoms with Gasteiger partial charge in [-0.25, -0.2) is 4.99 Å². The van der Waals surface area contributed by atoms with E-state index in [0.29, 0.717) is 6.29 Å². The molecule has 2 unspecified atom stereocenters. The second kappa shape index (κ2) is 4.89. The van der Waals surface area contributed by atoms with Crippen LogP contribution in [0.3, 0.4) is 0 Å². The second-order valence-electron chi connectivity index (χ2n) is 3.81. The van der Waals surface area contributed by atoms with Crippen molar-refractivity contribution in [3.8, 4) is 0 Å². The van der Waals surface area contributed by atoms with Gasteiger partial charge in [-0.1, -0.05) is 30.3 Å². The third-order valence-electron chi connectivity index (χ3n) is 2.63. The lowest BCUT2D eigenvalue weighted by molar-refractivity contribution is -0.510. The molecule has 0 aliphatic carbocycles. The molecule has 2 rings (SSSR count). The van der Waals surface area contributed by atoms with E-state index in [2.05, 4.69) is 4.99 Å². The van der Waals surface area contributed by atoms with Crippen LogP contribution >= 0.6 is 0 Å². The maximum atomic E-state index is 10.8. The van der Waals surface area contributed by atoms with Crippen molar-refractivity contribution < 1.29 is 14.8 Å². The number of carbonyl (C=O) groups is 1. The quantitative estimate of drug-likeness (QED) is 0.482. The van der Waals surface area contributed by atoms with Gasteiger partial charge < -0.3 is 5.11 Å². The lowest BCUT2D eigenvalue weighted by Crippen LogP contribution is -2.37. The number of aldehydes is 1. The van der Waals surface area contributed by atoms with Crippen LogP contribution in [0.15, 0.2) is 41.0 Å². The van der Waals surface area contributed by atoms with Crippen molar-refractivity contribution in [2.45, 2.75) is 12.1 Å². The minimum absolute atomic E-state index is 0.130. The summed E-state index contributed by atoms with van der Waals surface area (Å²) in [7, 11) is 0. The van der Waals surface area contributed by atoms with Gasteiger partial charge in [0.05, 0.1) is 5.70 Å². The number of benzene rings is 1. The molecule has 1 aromatic rings. The number of carbonyl (C=O) groups excluding carboxylic acids is 1. The predicted molar refractivity (Wildman–Crippen MR) is 64.7 cm³/mol. The van der Waals surface area contributed by atoms with Crippen molar-refractivity contribution in [1.29, 1.82) is 0 Å². The molecule has 1 aromatic carbocycles. The van der Waals surface area contributed by atoms with Crippen LogP contribution in [0.2, 0.25) is 0 Å². The zero-order valence-electron chi connectivity index (χ0n) is 9.26. The van der Waals surface area contributed by atoms with Gasteiger partial charge in [0, 0.05) is 4.92 Å². The molecule has 1 aliphatic heterocycles. The van der Waals surface area contributed by atoms with E-state index in [1.165, 1.54) is 6.08 Å². The third kappa shape index (κ3) is 2.18. The van der Waals surface area contributed by atoms with E-state index >= 15 is 0 Å². The Bertz CT molecular complexity index is 536. The zero-order chi connectivity index (χ0) is 13.1. The number of aliphatic hydroxyl groups excluding tert-OH is 1. The number of rotatable bonds is 3. The summed E-state index contributed by atoms with van der Waals surface area (Å²) in [4.78, 5) is 24.5. The first-order chi connectivity index (χ1) is 8.63. The summed E-state index contributed by atoms with van der Waals surface area (Å²) < 4.78 is 0. The van der Waals surface area contributed by atoms with E-state index < -0.39 is 17.1 Å². The molecule has 0 saturated carbocycles. The summed E-state index contributed by atoms with van der Waals surface area (Å²) in [6, 6.07) is 7.49. The topological polar surface area (TPSA) is 92.8 Å². The van der Waals surface area contributed by atoms with Gasteiger partial charge in [-0.2, -0.15) is 0 Å². The van der Waals surface area contributed by atoms with Crippen molar-refractivity contribution in [3.63, 3.8) is 0 Å². The van der Waals surface area contributed by atoms with E-state index in [-0.39, 0.29) is 11.4 Å². The Hall–Kier alpha value is -2.34. The Morgan fingerprint density at radius 1 is 1.33 bits per heavy atom. The molecule has 0 spiro atoms. The highest BCUT2D eigenvalue weighted by atomic mass is 16.6. The molecule has 2 atom stereocenters. The lowest BCUT2D eigenvalue weighted by Gasteiger charge is -2.06. The summed E-state index contributed by atoms with van der Waals surface area (Å²) in [6.45, 7) is 0. The van der Waals surface area contributed by atoms with E-state index in [1.807, 2.05) is 6.07 Å². The Morgan fingerprint density at radius 2 is 2.00 bits per heavy atom. The predicted octanol–water partition coefficient (Wildman–Crippen LogP) is 0.687. The van der Waals surface area contributed by atoms with Gasteiger partial charge >= 0.3 is 0 Å². The number of aliphatic hydroxyl groups is 1. The minimum atomic E-state index is -1.47. The van der Waals surface area contributed by atoms with Crippen LogP contribution in [0.1, 0.15) is 5.56 Å². The molecule has 0 fully saturated rings. The summed E-state index contributed by atoms with van der Waals surface area (Å²) in [5, 5.41) is 20.6. The van der Waals surface area contributed by atoms with Gasteiger partial charge in [0.15, 0.2) is 18.1 Å². The fourth-order valence-corrected chi connectivity index (χ4v) is 1.76. The molecule has 0 radical (unpaired) electrons. The van der Waals surface area contributed by atoms with E-state index in [9.17, 15) is 20.0 Å². The van der Waals surface area contributed by atoms with Gasteiger partial charge in [0.25, 0.3) is 6.04 Å². The van der Waals surface area contributed by atoms with Crippen LogP contribution in [0.25, 0.3) is 6.08 Å². The highest BCUT2D eigenvalue weighted by molar-refractivity contribution is 6.32. The summed E-state index contributed by atoms with van der Waals surface area (Å²) in [6.07, 6.45) is 0.445. The molecule has 0 bridgehead atoms. The molecular formula is C12H10N2O4. The van der Waals surface area contributed by atoms with Crippen molar-refractivity contribution in [3.05, 3.63) is 51.7 Å². The molecule has 92 valence electrons. The normalized spacial score (nSPS) is 24.9. The number of hydrogen-bond acceptors (Lipinski definition) is 5. The average Bonchev–Trinajstić information content (AvgIpc) is 2.67. The largest absolute Gasteiger partial charge is 0.379 e. The summed E-state index contributed by atoms with van der Waals surface area (Å²) in [5.74, 6) is 0. The number of hydrogen-bond donors (Lipinski definition) is 1. The molecule has 6 heteroatoms. The highest BCUT2D eigenvalue weighted by Gasteiger charge is 2.43. The third-order valence-corrected chi connectivity index (χ3v) is 2.63. The van der Waals surface area contributed by atoms with Crippen molar-refractivity contribution in [1.82, 2.24) is 0 Å². The number of aliphatic imine (C=N–C) groups is 1. The minimum Gasteiger partial charge on any atom is -0.379 e. The SMILES string of the molecule is O=CC1=NC(=Cc2ccccc2)C(O)C1[N+](=O)[O-]. The first kappa shape index (κ1) is 12.1. The average molecular weight is 246 g/mol. The Morgan fingerprint density at radius 3 is 2.50 bits per heavy atom. The maximum absolute atomic E-state index is 10.8. The first-order valence-corrected chi connectivity index (χ1v) is 5.25. The van der Waals surface area contributed by atoms with Crippen molar-refractivity contribution >= 4 is 18.1 Å².